The van der Waals surface area contributed by atoms with E-state index in [-0.39, 0.29) is 13.2 Å². The highest BCUT2D eigenvalue weighted by Gasteiger charge is 2.17. The molecule has 1 aromatic carbocycles. The molecule has 1 N–H and O–H groups in total. The summed E-state index contributed by atoms with van der Waals surface area (Å²) in [5.41, 5.74) is 0.715. The number of methoxy groups -OCH3 is 1. The minimum absolute atomic E-state index is 0.0902. The number of rotatable bonds is 8. The van der Waals surface area contributed by atoms with Crippen molar-refractivity contribution in [2.75, 3.05) is 20.3 Å². The molecule has 148 valence electrons. The van der Waals surface area contributed by atoms with Crippen LogP contribution < -0.4 is 14.8 Å². The number of carbonyl (C=O) groups excluding carboxylic acids is 2. The highest BCUT2D eigenvalue weighted by molar-refractivity contribution is 9.10. The summed E-state index contributed by atoms with van der Waals surface area (Å²) in [7, 11) is 1.28. The number of nitriles is 1. The van der Waals surface area contributed by atoms with Crippen LogP contribution >= 0.6 is 15.9 Å². The minimum atomic E-state index is -0.503. The average molecular weight is 451 g/mol. The summed E-state index contributed by atoms with van der Waals surface area (Å²) < 4.78 is 21.6. The van der Waals surface area contributed by atoms with Crippen LogP contribution in [-0.4, -0.2) is 32.2 Å². The zero-order chi connectivity index (χ0) is 20.7. The first-order valence-electron chi connectivity index (χ1n) is 8.33. The Balaban J connectivity index is 1.98. The maximum atomic E-state index is 12.1. The lowest BCUT2D eigenvalue weighted by Crippen LogP contribution is -2.28. The smallest absolute Gasteiger partial charge is 0.341 e. The Morgan fingerprint density at radius 2 is 2.04 bits per heavy atom. The normalized spacial score (nSPS) is 10.1. The topological polar surface area (TPSA) is 111 Å². The third-order valence-corrected chi connectivity index (χ3v) is 4.21. The predicted molar refractivity (Wildman–Crippen MR) is 102 cm³/mol. The number of esters is 1. The van der Waals surface area contributed by atoms with Crippen molar-refractivity contribution in [3.63, 3.8) is 0 Å². The molecule has 1 heterocycles. The third-order valence-electron chi connectivity index (χ3n) is 3.62. The number of carbonyl (C=O) groups is 2. The minimum Gasteiger partial charge on any atom is -0.490 e. The Hall–Kier alpha value is -2.99. The zero-order valence-corrected chi connectivity index (χ0v) is 17.2. The van der Waals surface area contributed by atoms with E-state index >= 15 is 0 Å². The Bertz CT molecular complexity index is 916. The van der Waals surface area contributed by atoms with Crippen molar-refractivity contribution < 1.29 is 28.2 Å². The van der Waals surface area contributed by atoms with Crippen LogP contribution in [0.5, 0.6) is 11.5 Å². The van der Waals surface area contributed by atoms with Gasteiger partial charge in [0.25, 0.3) is 5.91 Å². The number of hydrogen-bond acceptors (Lipinski definition) is 7. The van der Waals surface area contributed by atoms with E-state index in [0.717, 1.165) is 0 Å². The fourth-order valence-electron chi connectivity index (χ4n) is 2.35. The Kier molecular flexibility index (Phi) is 7.46. The largest absolute Gasteiger partial charge is 0.490 e. The van der Waals surface area contributed by atoms with E-state index in [1.165, 1.54) is 13.2 Å². The van der Waals surface area contributed by atoms with Crippen LogP contribution in [0.15, 0.2) is 27.1 Å². The van der Waals surface area contributed by atoms with E-state index < -0.39 is 11.9 Å². The number of halogens is 1. The van der Waals surface area contributed by atoms with Crippen LogP contribution in [0.2, 0.25) is 0 Å². The third kappa shape index (κ3) is 5.27. The van der Waals surface area contributed by atoms with E-state index in [1.54, 1.807) is 26.0 Å². The lowest BCUT2D eigenvalue weighted by atomic mass is 10.2. The van der Waals surface area contributed by atoms with E-state index in [2.05, 4.69) is 26.0 Å². The molecule has 2 rings (SSSR count). The van der Waals surface area contributed by atoms with Crippen molar-refractivity contribution in [1.82, 2.24) is 5.32 Å². The van der Waals surface area contributed by atoms with Crippen LogP contribution in [0.1, 0.15) is 34.4 Å². The average Bonchev–Trinajstić information content (AvgIpc) is 3.05. The number of aryl methyl sites for hydroxylation is 1. The van der Waals surface area contributed by atoms with Gasteiger partial charge in [0.2, 0.25) is 0 Å². The monoisotopic (exact) mass is 450 g/mol. The van der Waals surface area contributed by atoms with Crippen LogP contribution in [-0.2, 0) is 16.1 Å². The molecule has 0 radical (unpaired) electrons. The maximum absolute atomic E-state index is 12.1. The maximum Gasteiger partial charge on any atom is 0.341 e. The van der Waals surface area contributed by atoms with Gasteiger partial charge in [-0.2, -0.15) is 5.26 Å². The van der Waals surface area contributed by atoms with Gasteiger partial charge in [0.15, 0.2) is 18.1 Å². The molecule has 2 aromatic rings. The fraction of sp³-hybridized carbons (Fsp3) is 0.316. The van der Waals surface area contributed by atoms with Gasteiger partial charge in [-0.05, 0) is 41.9 Å². The van der Waals surface area contributed by atoms with Crippen molar-refractivity contribution in [3.05, 3.63) is 45.3 Å². The number of ether oxygens (including phenoxy) is 3. The summed E-state index contributed by atoms with van der Waals surface area (Å²) >= 11 is 3.32. The second kappa shape index (κ2) is 9.80. The molecule has 0 fully saturated rings. The first kappa shape index (κ1) is 21.3. The molecule has 0 aliphatic carbocycles. The molecule has 0 unspecified atom stereocenters. The number of benzene rings is 1. The van der Waals surface area contributed by atoms with Gasteiger partial charge < -0.3 is 23.9 Å². The molecule has 0 aliphatic rings. The number of hydrogen-bond donors (Lipinski definition) is 1. The predicted octanol–water partition coefficient (Wildman–Crippen LogP) is 3.10. The fourth-order valence-corrected chi connectivity index (χ4v) is 2.91. The van der Waals surface area contributed by atoms with Crippen LogP contribution in [0.3, 0.4) is 0 Å². The molecule has 0 atom stereocenters. The first-order chi connectivity index (χ1) is 13.4. The van der Waals surface area contributed by atoms with Crippen LogP contribution in [0.25, 0.3) is 0 Å². The van der Waals surface area contributed by atoms with Crippen molar-refractivity contribution in [3.8, 4) is 17.6 Å². The number of nitrogens with one attached hydrogen (secondary N) is 1. The summed E-state index contributed by atoms with van der Waals surface area (Å²) in [4.78, 5) is 23.7. The van der Waals surface area contributed by atoms with E-state index in [9.17, 15) is 9.59 Å². The first-order valence-corrected chi connectivity index (χ1v) is 9.12. The van der Waals surface area contributed by atoms with Gasteiger partial charge in [0.05, 0.1) is 36.4 Å². The molecular formula is C19H19BrN2O6. The molecule has 0 aliphatic heterocycles. The summed E-state index contributed by atoms with van der Waals surface area (Å²) in [6.45, 7) is 3.64. The van der Waals surface area contributed by atoms with Gasteiger partial charge in [-0.1, -0.05) is 0 Å². The number of furan rings is 1. The van der Waals surface area contributed by atoms with Gasteiger partial charge in [-0.15, -0.1) is 0 Å². The molecule has 1 amide bonds. The molecule has 0 bridgehead atoms. The molecular weight excluding hydrogens is 432 g/mol. The van der Waals surface area contributed by atoms with Gasteiger partial charge >= 0.3 is 5.97 Å². The molecule has 0 saturated carbocycles. The number of nitrogens with zero attached hydrogens (tertiary/aromatic N) is 1. The summed E-state index contributed by atoms with van der Waals surface area (Å²) in [6.07, 6.45) is 0. The molecule has 9 heteroatoms. The highest BCUT2D eigenvalue weighted by Crippen LogP contribution is 2.36. The molecule has 1 aromatic heterocycles. The van der Waals surface area contributed by atoms with E-state index in [4.69, 9.17) is 19.2 Å². The quantitative estimate of drug-likeness (QED) is 0.614. The second-order valence-electron chi connectivity index (χ2n) is 5.57. The van der Waals surface area contributed by atoms with Crippen LogP contribution in [0, 0.1) is 18.3 Å². The van der Waals surface area contributed by atoms with Crippen molar-refractivity contribution in [2.45, 2.75) is 20.4 Å². The lowest BCUT2D eigenvalue weighted by Gasteiger charge is -2.13. The van der Waals surface area contributed by atoms with Crippen molar-refractivity contribution >= 4 is 27.8 Å². The van der Waals surface area contributed by atoms with Crippen LogP contribution in [0.4, 0.5) is 0 Å². The van der Waals surface area contributed by atoms with Gasteiger partial charge in [-0.3, -0.25) is 4.79 Å². The Morgan fingerprint density at radius 1 is 1.29 bits per heavy atom. The summed E-state index contributed by atoms with van der Waals surface area (Å²) in [5.74, 6) is 0.628. The standard InChI is InChI=1S/C19H19BrN2O6/c1-4-26-16-6-12(8-21)5-15(20)18(16)27-10-17(23)22-9-13-7-14(11(2)28-13)19(24)25-3/h5-7H,4,9-10H2,1-3H3,(H,22,23). The SMILES string of the molecule is CCOc1cc(C#N)cc(Br)c1OCC(=O)NCc1cc(C(=O)OC)c(C)o1. The highest BCUT2D eigenvalue weighted by atomic mass is 79.9. The van der Waals surface area contributed by atoms with Crippen molar-refractivity contribution in [1.29, 1.82) is 5.26 Å². The van der Waals surface area contributed by atoms with E-state index in [0.29, 0.717) is 45.2 Å². The number of amides is 1. The van der Waals surface area contributed by atoms with Gasteiger partial charge in [0, 0.05) is 6.07 Å². The summed E-state index contributed by atoms with van der Waals surface area (Å²) in [6, 6.07) is 6.67. The molecule has 0 spiro atoms. The summed E-state index contributed by atoms with van der Waals surface area (Å²) in [5, 5.41) is 11.7. The molecule has 8 nitrogen and oxygen atoms in total. The second-order valence-corrected chi connectivity index (χ2v) is 6.42. The lowest BCUT2D eigenvalue weighted by molar-refractivity contribution is -0.123. The zero-order valence-electron chi connectivity index (χ0n) is 15.6. The Morgan fingerprint density at radius 3 is 2.68 bits per heavy atom. The van der Waals surface area contributed by atoms with Crippen molar-refractivity contribution in [2.24, 2.45) is 0 Å². The van der Waals surface area contributed by atoms with E-state index in [1.807, 2.05) is 6.07 Å². The Labute approximate surface area is 170 Å². The molecule has 28 heavy (non-hydrogen) atoms. The van der Waals surface area contributed by atoms with Gasteiger partial charge in [0.1, 0.15) is 17.1 Å². The molecule has 0 saturated heterocycles. The van der Waals surface area contributed by atoms with Gasteiger partial charge in [-0.25, -0.2) is 4.79 Å².